The van der Waals surface area contributed by atoms with E-state index in [4.69, 9.17) is 4.74 Å². The highest BCUT2D eigenvalue weighted by molar-refractivity contribution is 5.85. The molecule has 0 aromatic heterocycles. The molecule has 0 radical (unpaired) electrons. The van der Waals surface area contributed by atoms with Gasteiger partial charge in [-0.1, -0.05) is 49.4 Å². The maximum absolute atomic E-state index is 12.4. The highest BCUT2D eigenvalue weighted by Crippen LogP contribution is 2.23. The number of carbonyl (C=O) groups is 3. The molecule has 2 rings (SSSR count). The number of ether oxygens (including phenoxy) is 1. The monoisotopic (exact) mass is 326 g/mol. The van der Waals surface area contributed by atoms with E-state index in [2.05, 4.69) is 0 Å². The Morgan fingerprint density at radius 2 is 2.08 bits per heavy atom. The summed E-state index contributed by atoms with van der Waals surface area (Å²) in [6, 6.07) is 7.51. The molecule has 1 aromatic rings. The third-order valence-electron chi connectivity index (χ3n) is 4.14. The molecule has 0 saturated heterocycles. The number of ketones is 1. The molecule has 0 heterocycles. The molecule has 126 valence electrons. The molecule has 0 saturated carbocycles. The normalized spacial score (nSPS) is 17.8. The molecule has 0 fully saturated rings. The van der Waals surface area contributed by atoms with Crippen molar-refractivity contribution in [2.24, 2.45) is 11.8 Å². The average molecular weight is 326 g/mol. The summed E-state index contributed by atoms with van der Waals surface area (Å²) in [5, 5.41) is 0. The first-order chi connectivity index (χ1) is 11.5. The quantitative estimate of drug-likeness (QED) is 0.570. The minimum absolute atomic E-state index is 0.0797. The molecular weight excluding hydrogens is 304 g/mol. The van der Waals surface area contributed by atoms with Crippen LogP contribution in [0.25, 0.3) is 0 Å². The van der Waals surface area contributed by atoms with Crippen LogP contribution >= 0.6 is 0 Å². The number of benzene rings is 1. The van der Waals surface area contributed by atoms with Crippen LogP contribution in [0.1, 0.15) is 36.2 Å². The summed E-state index contributed by atoms with van der Waals surface area (Å²) < 4.78 is 4.91. The standard InChI is InChI=1S/C20H22O4/c1-14(13-24-15(2)22)20(23)17-9-7-16(8-10-17)11-18-5-3-4-6-19(18)12-21/h3-9,12,14,17H,10-11,13H2,1-2H3. The van der Waals surface area contributed by atoms with Gasteiger partial charge in [0.2, 0.25) is 0 Å². The van der Waals surface area contributed by atoms with Gasteiger partial charge in [-0.25, -0.2) is 0 Å². The number of Topliss-reactive ketones (excluding diaryl/α,β-unsaturated/α-hetero) is 1. The summed E-state index contributed by atoms with van der Waals surface area (Å²) in [6.45, 7) is 3.24. The molecule has 0 spiro atoms. The highest BCUT2D eigenvalue weighted by atomic mass is 16.5. The van der Waals surface area contributed by atoms with E-state index >= 15 is 0 Å². The number of rotatable bonds is 7. The Kier molecular flexibility index (Phi) is 6.24. The molecule has 0 N–H and O–H groups in total. The number of hydrogen-bond donors (Lipinski definition) is 0. The van der Waals surface area contributed by atoms with E-state index in [1.165, 1.54) is 6.92 Å². The lowest BCUT2D eigenvalue weighted by molar-refractivity contribution is -0.143. The van der Waals surface area contributed by atoms with Gasteiger partial charge in [0.1, 0.15) is 18.7 Å². The van der Waals surface area contributed by atoms with Gasteiger partial charge in [-0.15, -0.1) is 0 Å². The molecule has 24 heavy (non-hydrogen) atoms. The van der Waals surface area contributed by atoms with Crippen LogP contribution in [0.4, 0.5) is 0 Å². The summed E-state index contributed by atoms with van der Waals surface area (Å²) in [5.41, 5.74) is 2.78. The molecule has 1 aliphatic carbocycles. The van der Waals surface area contributed by atoms with Crippen molar-refractivity contribution >= 4 is 18.0 Å². The van der Waals surface area contributed by atoms with E-state index in [1.807, 2.05) is 36.4 Å². The predicted octanol–water partition coefficient (Wildman–Crippen LogP) is 3.31. The summed E-state index contributed by atoms with van der Waals surface area (Å²) in [4.78, 5) is 34.3. The zero-order valence-corrected chi connectivity index (χ0v) is 14.0. The first-order valence-corrected chi connectivity index (χ1v) is 8.08. The smallest absolute Gasteiger partial charge is 0.302 e. The number of hydrogen-bond acceptors (Lipinski definition) is 4. The van der Waals surface area contributed by atoms with Gasteiger partial charge in [0.15, 0.2) is 0 Å². The van der Waals surface area contributed by atoms with Gasteiger partial charge in [-0.05, 0) is 24.0 Å². The largest absolute Gasteiger partial charge is 0.465 e. The lowest BCUT2D eigenvalue weighted by Crippen LogP contribution is -2.25. The third kappa shape index (κ3) is 4.75. The van der Waals surface area contributed by atoms with Crippen LogP contribution in [0.2, 0.25) is 0 Å². The summed E-state index contributed by atoms with van der Waals surface area (Å²) in [5.74, 6) is -0.782. The Labute approximate surface area is 142 Å². The van der Waals surface area contributed by atoms with E-state index in [-0.39, 0.29) is 30.2 Å². The molecule has 4 nitrogen and oxygen atoms in total. The predicted molar refractivity (Wildman–Crippen MR) is 91.7 cm³/mol. The number of carbonyl (C=O) groups excluding carboxylic acids is 3. The molecule has 0 amide bonds. The molecule has 0 bridgehead atoms. The molecule has 0 aliphatic heterocycles. The second-order valence-corrected chi connectivity index (χ2v) is 6.08. The van der Waals surface area contributed by atoms with E-state index in [9.17, 15) is 14.4 Å². The first kappa shape index (κ1) is 17.9. The maximum Gasteiger partial charge on any atom is 0.302 e. The van der Waals surface area contributed by atoms with Crippen molar-refractivity contribution < 1.29 is 19.1 Å². The van der Waals surface area contributed by atoms with E-state index in [0.29, 0.717) is 18.4 Å². The Morgan fingerprint density at radius 3 is 2.71 bits per heavy atom. The Morgan fingerprint density at radius 1 is 1.33 bits per heavy atom. The first-order valence-electron chi connectivity index (χ1n) is 8.08. The van der Waals surface area contributed by atoms with Crippen LogP contribution in [0, 0.1) is 11.8 Å². The minimum atomic E-state index is -0.370. The van der Waals surface area contributed by atoms with Gasteiger partial charge in [0, 0.05) is 24.3 Å². The van der Waals surface area contributed by atoms with Gasteiger partial charge in [0.05, 0.1) is 0 Å². The van der Waals surface area contributed by atoms with Crippen molar-refractivity contribution in [3.8, 4) is 0 Å². The van der Waals surface area contributed by atoms with Crippen molar-refractivity contribution in [2.45, 2.75) is 26.7 Å². The van der Waals surface area contributed by atoms with Crippen molar-refractivity contribution in [1.29, 1.82) is 0 Å². The number of allylic oxidation sites excluding steroid dienone is 4. The van der Waals surface area contributed by atoms with Crippen LogP contribution in [-0.2, 0) is 20.7 Å². The fourth-order valence-corrected chi connectivity index (χ4v) is 2.73. The van der Waals surface area contributed by atoms with Gasteiger partial charge in [0.25, 0.3) is 0 Å². The Hall–Kier alpha value is -2.49. The van der Waals surface area contributed by atoms with Gasteiger partial charge in [-0.2, -0.15) is 0 Å². The topological polar surface area (TPSA) is 60.4 Å². The van der Waals surface area contributed by atoms with E-state index in [1.54, 1.807) is 13.0 Å². The van der Waals surface area contributed by atoms with Crippen LogP contribution in [-0.4, -0.2) is 24.6 Å². The minimum Gasteiger partial charge on any atom is -0.465 e. The van der Waals surface area contributed by atoms with Crippen molar-refractivity contribution in [3.63, 3.8) is 0 Å². The lowest BCUT2D eigenvalue weighted by atomic mass is 9.86. The molecule has 1 aliphatic rings. The van der Waals surface area contributed by atoms with E-state index < -0.39 is 0 Å². The number of esters is 1. The molecular formula is C20H22O4. The number of aldehydes is 1. The Bertz CT molecular complexity index is 685. The molecule has 1 aromatic carbocycles. The zero-order valence-electron chi connectivity index (χ0n) is 14.0. The molecule has 2 atom stereocenters. The average Bonchev–Trinajstić information content (AvgIpc) is 2.60. The fraction of sp³-hybridized carbons (Fsp3) is 0.350. The van der Waals surface area contributed by atoms with Crippen LogP contribution in [0.15, 0.2) is 48.1 Å². The second-order valence-electron chi connectivity index (χ2n) is 6.08. The van der Waals surface area contributed by atoms with Gasteiger partial charge >= 0.3 is 5.97 Å². The molecule has 4 heteroatoms. The van der Waals surface area contributed by atoms with Crippen molar-refractivity contribution in [3.05, 3.63) is 59.2 Å². The SMILES string of the molecule is CC(=O)OCC(C)C(=O)C1C=CC(Cc2ccccc2C=O)=CC1. The second kappa shape index (κ2) is 8.39. The van der Waals surface area contributed by atoms with Crippen LogP contribution in [0.3, 0.4) is 0 Å². The summed E-state index contributed by atoms with van der Waals surface area (Å²) in [7, 11) is 0. The van der Waals surface area contributed by atoms with Gasteiger partial charge in [-0.3, -0.25) is 14.4 Å². The summed E-state index contributed by atoms with van der Waals surface area (Å²) >= 11 is 0. The fourth-order valence-electron chi connectivity index (χ4n) is 2.73. The zero-order chi connectivity index (χ0) is 17.5. The summed E-state index contributed by atoms with van der Waals surface area (Å²) in [6.07, 6.45) is 8.08. The van der Waals surface area contributed by atoms with Crippen molar-refractivity contribution in [1.82, 2.24) is 0 Å². The van der Waals surface area contributed by atoms with Crippen molar-refractivity contribution in [2.75, 3.05) is 6.61 Å². The van der Waals surface area contributed by atoms with Crippen LogP contribution < -0.4 is 0 Å². The van der Waals surface area contributed by atoms with Crippen LogP contribution in [0.5, 0.6) is 0 Å². The van der Waals surface area contributed by atoms with Gasteiger partial charge < -0.3 is 4.74 Å². The molecule has 2 unspecified atom stereocenters. The maximum atomic E-state index is 12.4. The highest BCUT2D eigenvalue weighted by Gasteiger charge is 2.23. The third-order valence-corrected chi connectivity index (χ3v) is 4.14. The van der Waals surface area contributed by atoms with E-state index in [0.717, 1.165) is 17.4 Å². The lowest BCUT2D eigenvalue weighted by Gasteiger charge is -2.19. The Balaban J connectivity index is 1.94.